The molecule has 26 heavy (non-hydrogen) atoms. The van der Waals surface area contributed by atoms with Crippen LogP contribution in [0.4, 0.5) is 0 Å². The molecule has 0 heterocycles. The highest BCUT2D eigenvalue weighted by molar-refractivity contribution is 5.70. The molecule has 4 nitrogen and oxygen atoms in total. The topological polar surface area (TPSA) is 38.8 Å². The summed E-state index contributed by atoms with van der Waals surface area (Å²) in [6.45, 7) is 13.3. The Labute approximate surface area is 160 Å². The molecule has 150 valence electrons. The normalized spacial score (nSPS) is 21.3. The molecule has 0 fully saturated rings. The lowest BCUT2D eigenvalue weighted by molar-refractivity contribution is -0.159. The maximum absolute atomic E-state index is 12.4. The van der Waals surface area contributed by atoms with Crippen molar-refractivity contribution in [1.29, 1.82) is 0 Å². The summed E-state index contributed by atoms with van der Waals surface area (Å²) in [6.07, 6.45) is 8.86. The van der Waals surface area contributed by atoms with Gasteiger partial charge in [0.1, 0.15) is 5.60 Å². The summed E-state index contributed by atoms with van der Waals surface area (Å²) in [6, 6.07) is 0.166. The van der Waals surface area contributed by atoms with Crippen molar-refractivity contribution in [2.24, 2.45) is 11.8 Å². The van der Waals surface area contributed by atoms with E-state index in [0.717, 1.165) is 19.4 Å². The Balaban J connectivity index is 2.86. The van der Waals surface area contributed by atoms with Gasteiger partial charge < -0.3 is 9.47 Å². The number of likely N-dealkylation sites (N-methyl/N-ethyl adjacent to an activating group) is 1. The molecule has 1 aliphatic carbocycles. The molecule has 1 unspecified atom stereocenters. The lowest BCUT2D eigenvalue weighted by Crippen LogP contribution is -2.48. The van der Waals surface area contributed by atoms with E-state index in [1.165, 1.54) is 5.57 Å². The fraction of sp³-hybridized carbons (Fsp3) is 0.773. The van der Waals surface area contributed by atoms with Crippen LogP contribution in [-0.4, -0.2) is 49.3 Å². The van der Waals surface area contributed by atoms with Crippen molar-refractivity contribution < 1.29 is 14.3 Å². The number of hydrogen-bond donors (Lipinski definition) is 0. The van der Waals surface area contributed by atoms with Gasteiger partial charge in [-0.2, -0.15) is 0 Å². The van der Waals surface area contributed by atoms with Crippen LogP contribution in [0.5, 0.6) is 0 Å². The minimum atomic E-state index is -0.470. The van der Waals surface area contributed by atoms with Crippen LogP contribution in [0.2, 0.25) is 0 Å². The third-order valence-corrected chi connectivity index (χ3v) is 5.02. The summed E-state index contributed by atoms with van der Waals surface area (Å²) in [7, 11) is 3.84. The lowest BCUT2D eigenvalue weighted by Gasteiger charge is -2.38. The van der Waals surface area contributed by atoms with Gasteiger partial charge in [0, 0.05) is 19.7 Å². The van der Waals surface area contributed by atoms with Crippen molar-refractivity contribution in [1.82, 2.24) is 4.90 Å². The molecule has 0 amide bonds. The number of carbonyl (C=O) groups excluding carboxylic acids is 1. The molecule has 0 spiro atoms. The molecule has 0 aromatic heterocycles. The van der Waals surface area contributed by atoms with Crippen LogP contribution in [-0.2, 0) is 14.3 Å². The Morgan fingerprint density at radius 2 is 2.04 bits per heavy atom. The van der Waals surface area contributed by atoms with E-state index >= 15 is 0 Å². The molecule has 4 heteroatoms. The minimum Gasteiger partial charge on any atom is -0.460 e. The fourth-order valence-electron chi connectivity index (χ4n) is 3.69. The van der Waals surface area contributed by atoms with Crippen molar-refractivity contribution in [2.75, 3.05) is 20.7 Å². The average molecular weight is 366 g/mol. The van der Waals surface area contributed by atoms with Crippen LogP contribution in [0.15, 0.2) is 23.8 Å². The summed E-state index contributed by atoms with van der Waals surface area (Å²) in [5.41, 5.74) is 0.964. The number of hydrogen-bond acceptors (Lipinski definition) is 4. The molecule has 0 N–H and O–H groups in total. The molecule has 1 aliphatic rings. The van der Waals surface area contributed by atoms with E-state index in [0.29, 0.717) is 11.8 Å². The maximum Gasteiger partial charge on any atom is 0.309 e. The predicted molar refractivity (Wildman–Crippen MR) is 108 cm³/mol. The monoisotopic (exact) mass is 365 g/mol. The van der Waals surface area contributed by atoms with Crippen molar-refractivity contribution in [3.05, 3.63) is 23.8 Å². The molecular weight excluding hydrogens is 326 g/mol. The molecular formula is C22H39NO3. The van der Waals surface area contributed by atoms with Crippen LogP contribution < -0.4 is 0 Å². The van der Waals surface area contributed by atoms with Crippen LogP contribution in [0, 0.1) is 11.8 Å². The number of carbonyl (C=O) groups is 1. The maximum atomic E-state index is 12.4. The van der Waals surface area contributed by atoms with Gasteiger partial charge in [0.2, 0.25) is 0 Å². The molecule has 0 saturated carbocycles. The van der Waals surface area contributed by atoms with Gasteiger partial charge in [-0.15, -0.1) is 0 Å². The summed E-state index contributed by atoms with van der Waals surface area (Å²) < 4.78 is 11.3. The zero-order valence-corrected chi connectivity index (χ0v) is 18.0. The van der Waals surface area contributed by atoms with E-state index in [2.05, 4.69) is 50.9 Å². The number of methoxy groups -OCH3 is 1. The van der Waals surface area contributed by atoms with Crippen LogP contribution in [0.3, 0.4) is 0 Å². The zero-order valence-electron chi connectivity index (χ0n) is 18.0. The number of allylic oxidation sites excluding steroid dienone is 3. The minimum absolute atomic E-state index is 0.166. The van der Waals surface area contributed by atoms with Gasteiger partial charge in [-0.3, -0.25) is 9.69 Å². The van der Waals surface area contributed by atoms with Crippen LogP contribution in [0.25, 0.3) is 0 Å². The Morgan fingerprint density at radius 1 is 1.38 bits per heavy atom. The van der Waals surface area contributed by atoms with Crippen molar-refractivity contribution in [3.63, 3.8) is 0 Å². The summed E-state index contributed by atoms with van der Waals surface area (Å²) >= 11 is 0. The Morgan fingerprint density at radius 3 is 2.54 bits per heavy atom. The van der Waals surface area contributed by atoms with Crippen molar-refractivity contribution >= 4 is 5.97 Å². The fourth-order valence-corrected chi connectivity index (χ4v) is 3.69. The van der Waals surface area contributed by atoms with E-state index in [4.69, 9.17) is 9.47 Å². The second-order valence-electron chi connectivity index (χ2n) is 8.75. The Kier molecular flexibility index (Phi) is 9.05. The molecule has 1 rings (SSSR count). The first-order chi connectivity index (χ1) is 12.1. The smallest absolute Gasteiger partial charge is 0.309 e. The Bertz CT molecular complexity index is 504. The largest absolute Gasteiger partial charge is 0.460 e. The van der Waals surface area contributed by atoms with Gasteiger partial charge in [-0.1, -0.05) is 51.0 Å². The third kappa shape index (κ3) is 7.63. The molecule has 4 atom stereocenters. The summed E-state index contributed by atoms with van der Waals surface area (Å²) in [5.74, 6) is 0.814. The number of esters is 1. The second kappa shape index (κ2) is 10.3. The predicted octanol–water partition coefficient (Wildman–Crippen LogP) is 4.60. The highest BCUT2D eigenvalue weighted by Crippen LogP contribution is 2.25. The van der Waals surface area contributed by atoms with E-state index in [1.807, 2.05) is 20.8 Å². The first-order valence-electron chi connectivity index (χ1n) is 9.88. The van der Waals surface area contributed by atoms with E-state index in [-0.39, 0.29) is 24.5 Å². The Hall–Kier alpha value is -1.13. The summed E-state index contributed by atoms with van der Waals surface area (Å²) in [4.78, 5) is 14.7. The average Bonchev–Trinajstić information content (AvgIpc) is 2.52. The lowest BCUT2D eigenvalue weighted by atomic mass is 9.89. The number of ether oxygens (including phenoxy) is 2. The van der Waals surface area contributed by atoms with E-state index in [1.54, 1.807) is 7.11 Å². The molecule has 0 aromatic rings. The van der Waals surface area contributed by atoms with Gasteiger partial charge in [0.05, 0.1) is 12.5 Å². The first-order valence-corrected chi connectivity index (χ1v) is 9.88. The summed E-state index contributed by atoms with van der Waals surface area (Å²) in [5, 5.41) is 0. The standard InChI is InChI=1S/C22H39NO3/c1-9-17(3)21(19(25-8)14-20(24)26-22(4,5)6)23(7)15-18-12-10-11-16(2)13-18/h10-12,16-17,19,21H,9,13-15H2,1-8H3/t16?,17-,19+,21-/m0/s1. The van der Waals surface area contributed by atoms with Crippen LogP contribution >= 0.6 is 0 Å². The molecule has 0 saturated heterocycles. The van der Waals surface area contributed by atoms with Gasteiger partial charge >= 0.3 is 5.97 Å². The molecule has 0 aromatic carbocycles. The van der Waals surface area contributed by atoms with Gasteiger partial charge in [0.25, 0.3) is 0 Å². The zero-order chi connectivity index (χ0) is 19.9. The van der Waals surface area contributed by atoms with Gasteiger partial charge in [-0.05, 0) is 46.1 Å². The van der Waals surface area contributed by atoms with Gasteiger partial charge in [-0.25, -0.2) is 0 Å². The number of nitrogens with zero attached hydrogens (tertiary/aromatic N) is 1. The molecule has 0 aliphatic heterocycles. The number of rotatable bonds is 9. The SMILES string of the molecule is CC[C@H](C)[C@@H]([C@@H](CC(=O)OC(C)(C)C)OC)N(C)CC1=CC=CC(C)C1. The van der Waals surface area contributed by atoms with Crippen molar-refractivity contribution in [2.45, 2.75) is 78.6 Å². The highest BCUT2D eigenvalue weighted by atomic mass is 16.6. The van der Waals surface area contributed by atoms with Crippen LogP contribution in [0.1, 0.15) is 60.8 Å². The molecule has 0 radical (unpaired) electrons. The molecule has 0 bridgehead atoms. The van der Waals surface area contributed by atoms with Crippen molar-refractivity contribution in [3.8, 4) is 0 Å². The third-order valence-electron chi connectivity index (χ3n) is 5.02. The quantitative estimate of drug-likeness (QED) is 0.560. The van der Waals surface area contributed by atoms with Gasteiger partial charge in [0.15, 0.2) is 0 Å². The van der Waals surface area contributed by atoms with E-state index < -0.39 is 5.60 Å². The highest BCUT2D eigenvalue weighted by Gasteiger charge is 2.33. The first kappa shape index (κ1) is 22.9. The van der Waals surface area contributed by atoms with E-state index in [9.17, 15) is 4.79 Å². The second-order valence-corrected chi connectivity index (χ2v) is 8.75.